The van der Waals surface area contributed by atoms with Crippen molar-refractivity contribution in [2.45, 2.75) is 19.3 Å². The van der Waals surface area contributed by atoms with Gasteiger partial charge in [-0.1, -0.05) is 35.9 Å². The van der Waals surface area contributed by atoms with Crippen molar-refractivity contribution >= 4 is 29.1 Å². The molecule has 2 amide bonds. The zero-order chi connectivity index (χ0) is 18.8. The fraction of sp³-hybridized carbons (Fsp3) is 0.524. The first-order valence-electron chi connectivity index (χ1n) is 9.87. The lowest BCUT2D eigenvalue weighted by Crippen LogP contribution is -2.47. The van der Waals surface area contributed by atoms with E-state index in [4.69, 9.17) is 11.6 Å². The van der Waals surface area contributed by atoms with E-state index in [-0.39, 0.29) is 23.7 Å². The van der Waals surface area contributed by atoms with E-state index >= 15 is 0 Å². The molecule has 2 heterocycles. The lowest BCUT2D eigenvalue weighted by molar-refractivity contribution is -0.140. The van der Waals surface area contributed by atoms with Crippen LogP contribution in [0.25, 0.3) is 0 Å². The fourth-order valence-electron chi connectivity index (χ4n) is 4.46. The monoisotopic (exact) mass is 387 g/mol. The average Bonchev–Trinajstić information content (AvgIpc) is 2.94. The van der Waals surface area contributed by atoms with Crippen molar-refractivity contribution in [2.75, 3.05) is 44.2 Å². The number of halogens is 1. The molecule has 4 rings (SSSR count). The van der Waals surface area contributed by atoms with Gasteiger partial charge in [-0.15, -0.1) is 0 Å². The predicted octanol–water partition coefficient (Wildman–Crippen LogP) is 2.80. The van der Waals surface area contributed by atoms with Gasteiger partial charge < -0.3 is 4.90 Å². The molecule has 0 bridgehead atoms. The Morgan fingerprint density at radius 2 is 1.52 bits per heavy atom. The molecule has 1 aromatic rings. The molecular weight excluding hydrogens is 362 g/mol. The Kier molecular flexibility index (Phi) is 5.50. The second kappa shape index (κ2) is 8.03. The first kappa shape index (κ1) is 18.5. The molecule has 27 heavy (non-hydrogen) atoms. The smallest absolute Gasteiger partial charge is 0.233 e. The normalized spacial score (nSPS) is 26.0. The number of carbonyl (C=O) groups excluding carboxylic acids is 2. The average molecular weight is 388 g/mol. The Morgan fingerprint density at radius 1 is 0.889 bits per heavy atom. The number of anilines is 1. The van der Waals surface area contributed by atoms with E-state index < -0.39 is 0 Å². The number of benzene rings is 1. The van der Waals surface area contributed by atoms with Gasteiger partial charge in [0.2, 0.25) is 11.8 Å². The van der Waals surface area contributed by atoms with Gasteiger partial charge in [0.25, 0.3) is 0 Å². The molecule has 3 aliphatic rings. The van der Waals surface area contributed by atoms with Gasteiger partial charge in [-0.05, 0) is 37.9 Å². The van der Waals surface area contributed by atoms with E-state index in [2.05, 4.69) is 15.9 Å². The molecule has 0 N–H and O–H groups in total. The van der Waals surface area contributed by atoms with Crippen LogP contribution < -0.4 is 4.90 Å². The van der Waals surface area contributed by atoms with E-state index in [1.54, 1.807) is 0 Å². The van der Waals surface area contributed by atoms with Crippen LogP contribution in [0.2, 0.25) is 5.02 Å². The topological polar surface area (TPSA) is 43.9 Å². The van der Waals surface area contributed by atoms with Crippen LogP contribution in [0.15, 0.2) is 36.4 Å². The van der Waals surface area contributed by atoms with Crippen LogP contribution in [0.4, 0.5) is 5.69 Å². The quantitative estimate of drug-likeness (QED) is 0.575. The van der Waals surface area contributed by atoms with Gasteiger partial charge in [-0.3, -0.25) is 19.4 Å². The third-order valence-corrected chi connectivity index (χ3v) is 6.34. The minimum atomic E-state index is -0.110. The molecule has 2 atom stereocenters. The molecule has 0 aromatic heterocycles. The standard InChI is InChI=1S/C21H26ClN3O2/c22-18-8-3-4-9-19(18)24-14-12-23(13-15-24)10-5-11-25-20(26)16-6-1-2-7-17(16)21(25)27/h1-4,8-9,16-17H,5-7,10-15H2. The molecule has 2 saturated heterocycles. The number of hydrogen-bond acceptors (Lipinski definition) is 4. The van der Waals surface area contributed by atoms with E-state index in [1.807, 2.05) is 30.4 Å². The Hall–Kier alpha value is -1.85. The molecule has 2 fully saturated rings. The van der Waals surface area contributed by atoms with Crippen LogP contribution in [-0.4, -0.2) is 60.9 Å². The van der Waals surface area contributed by atoms with Gasteiger partial charge in [0.15, 0.2) is 0 Å². The zero-order valence-electron chi connectivity index (χ0n) is 15.5. The van der Waals surface area contributed by atoms with Crippen LogP contribution in [0, 0.1) is 11.8 Å². The van der Waals surface area contributed by atoms with Crippen LogP contribution in [-0.2, 0) is 9.59 Å². The van der Waals surface area contributed by atoms with Gasteiger partial charge in [0, 0.05) is 32.7 Å². The summed E-state index contributed by atoms with van der Waals surface area (Å²) in [5.41, 5.74) is 1.10. The maximum atomic E-state index is 12.5. The van der Waals surface area contributed by atoms with Crippen molar-refractivity contribution in [3.05, 3.63) is 41.4 Å². The molecular formula is C21H26ClN3O2. The first-order valence-corrected chi connectivity index (χ1v) is 10.2. The summed E-state index contributed by atoms with van der Waals surface area (Å²) >= 11 is 6.30. The summed E-state index contributed by atoms with van der Waals surface area (Å²) < 4.78 is 0. The summed E-state index contributed by atoms with van der Waals surface area (Å²) in [6, 6.07) is 7.97. The van der Waals surface area contributed by atoms with Crippen molar-refractivity contribution in [3.8, 4) is 0 Å². The number of allylic oxidation sites excluding steroid dienone is 2. The molecule has 144 valence electrons. The second-order valence-electron chi connectivity index (χ2n) is 7.62. The molecule has 2 unspecified atom stereocenters. The Morgan fingerprint density at radius 3 is 2.15 bits per heavy atom. The molecule has 1 aliphatic carbocycles. The largest absolute Gasteiger partial charge is 0.368 e. The highest BCUT2D eigenvalue weighted by Crippen LogP contribution is 2.35. The number of rotatable bonds is 5. The number of fused-ring (bicyclic) bond motifs is 1. The van der Waals surface area contributed by atoms with Gasteiger partial charge >= 0.3 is 0 Å². The lowest BCUT2D eigenvalue weighted by Gasteiger charge is -2.36. The highest BCUT2D eigenvalue weighted by molar-refractivity contribution is 6.33. The lowest BCUT2D eigenvalue weighted by atomic mass is 9.85. The van der Waals surface area contributed by atoms with Crippen molar-refractivity contribution in [2.24, 2.45) is 11.8 Å². The summed E-state index contributed by atoms with van der Waals surface area (Å²) in [4.78, 5) is 31.3. The first-order chi connectivity index (χ1) is 13.1. The fourth-order valence-corrected chi connectivity index (χ4v) is 4.72. The van der Waals surface area contributed by atoms with Crippen LogP contribution in [0.1, 0.15) is 19.3 Å². The van der Waals surface area contributed by atoms with Gasteiger partial charge in [0.1, 0.15) is 0 Å². The van der Waals surface area contributed by atoms with E-state index in [0.29, 0.717) is 6.54 Å². The van der Waals surface area contributed by atoms with Gasteiger partial charge in [-0.2, -0.15) is 0 Å². The highest BCUT2D eigenvalue weighted by Gasteiger charge is 2.46. The number of para-hydroxylation sites is 1. The molecule has 6 heteroatoms. The van der Waals surface area contributed by atoms with Crippen molar-refractivity contribution < 1.29 is 9.59 Å². The maximum absolute atomic E-state index is 12.5. The number of amides is 2. The molecule has 2 aliphatic heterocycles. The highest BCUT2D eigenvalue weighted by atomic mass is 35.5. The van der Waals surface area contributed by atoms with E-state index in [1.165, 1.54) is 4.90 Å². The molecule has 5 nitrogen and oxygen atoms in total. The third kappa shape index (κ3) is 3.76. The zero-order valence-corrected chi connectivity index (χ0v) is 16.3. The van der Waals surface area contributed by atoms with Gasteiger partial charge in [-0.25, -0.2) is 0 Å². The number of piperazine rings is 1. The van der Waals surface area contributed by atoms with Crippen molar-refractivity contribution in [3.63, 3.8) is 0 Å². The predicted molar refractivity (Wildman–Crippen MR) is 107 cm³/mol. The van der Waals surface area contributed by atoms with Crippen LogP contribution in [0.5, 0.6) is 0 Å². The van der Waals surface area contributed by atoms with Crippen LogP contribution >= 0.6 is 11.6 Å². The summed E-state index contributed by atoms with van der Waals surface area (Å²) in [5, 5.41) is 0.799. The van der Waals surface area contributed by atoms with E-state index in [0.717, 1.165) is 62.7 Å². The number of likely N-dealkylation sites (tertiary alicyclic amines) is 1. The van der Waals surface area contributed by atoms with E-state index in [9.17, 15) is 9.59 Å². The van der Waals surface area contributed by atoms with Crippen LogP contribution in [0.3, 0.4) is 0 Å². The maximum Gasteiger partial charge on any atom is 0.233 e. The SMILES string of the molecule is O=C1C2CC=CCC2C(=O)N1CCCN1CCN(c2ccccc2Cl)CC1. The Balaban J connectivity index is 1.24. The second-order valence-corrected chi connectivity index (χ2v) is 8.02. The molecule has 0 radical (unpaired) electrons. The third-order valence-electron chi connectivity index (χ3n) is 6.02. The minimum Gasteiger partial charge on any atom is -0.368 e. The summed E-state index contributed by atoms with van der Waals surface area (Å²) in [5.74, 6) is -0.140. The minimum absolute atomic E-state index is 0.0397. The number of imide groups is 1. The molecule has 0 saturated carbocycles. The Bertz CT molecular complexity index is 717. The summed E-state index contributed by atoms with van der Waals surface area (Å²) in [6.45, 7) is 5.31. The van der Waals surface area contributed by atoms with Crippen molar-refractivity contribution in [1.29, 1.82) is 0 Å². The Labute approximate surface area is 165 Å². The molecule has 1 aromatic carbocycles. The number of hydrogen-bond donors (Lipinski definition) is 0. The number of nitrogens with zero attached hydrogens (tertiary/aromatic N) is 3. The summed E-state index contributed by atoms with van der Waals surface area (Å²) in [6.07, 6.45) is 6.35. The molecule has 0 spiro atoms. The van der Waals surface area contributed by atoms with Crippen molar-refractivity contribution in [1.82, 2.24) is 9.80 Å². The van der Waals surface area contributed by atoms with Gasteiger partial charge in [0.05, 0.1) is 22.5 Å². The summed E-state index contributed by atoms with van der Waals surface area (Å²) in [7, 11) is 0. The number of carbonyl (C=O) groups is 2.